The van der Waals surface area contributed by atoms with Crippen LogP contribution in [0.1, 0.15) is 29.5 Å². The fourth-order valence-electron chi connectivity index (χ4n) is 2.83. The molecule has 20 heavy (non-hydrogen) atoms. The fraction of sp³-hybridized carbons (Fsp3) is 0.235. The lowest BCUT2D eigenvalue weighted by Crippen LogP contribution is -2.10. The van der Waals surface area contributed by atoms with Gasteiger partial charge in [-0.15, -0.1) is 0 Å². The first kappa shape index (κ1) is 13.6. The maximum Gasteiger partial charge on any atom is 0.302 e. The Labute approximate surface area is 132 Å². The highest BCUT2D eigenvalue weighted by Gasteiger charge is 2.29. The normalized spacial score (nSPS) is 15.7. The largest absolute Gasteiger partial charge is 0.465 e. The molecule has 0 aromatic heterocycles. The molecule has 0 saturated carbocycles. The average molecular weight is 378 g/mol. The molecule has 0 saturated heterocycles. The SMILES string of the molecule is CC(=O)OCC1c2cc(C)ccc2-c2ccc(I)cc21. The molecule has 2 aromatic carbocycles. The maximum absolute atomic E-state index is 11.1. The smallest absolute Gasteiger partial charge is 0.302 e. The lowest BCUT2D eigenvalue weighted by molar-refractivity contribution is -0.141. The zero-order valence-electron chi connectivity index (χ0n) is 11.4. The second kappa shape index (κ2) is 5.20. The third-order valence-electron chi connectivity index (χ3n) is 3.71. The van der Waals surface area contributed by atoms with Gasteiger partial charge in [-0.3, -0.25) is 4.79 Å². The monoisotopic (exact) mass is 378 g/mol. The van der Waals surface area contributed by atoms with Crippen molar-refractivity contribution in [1.82, 2.24) is 0 Å². The van der Waals surface area contributed by atoms with Crippen LogP contribution < -0.4 is 0 Å². The van der Waals surface area contributed by atoms with Gasteiger partial charge >= 0.3 is 5.97 Å². The summed E-state index contributed by atoms with van der Waals surface area (Å²) < 4.78 is 6.49. The number of carbonyl (C=O) groups is 1. The first-order chi connectivity index (χ1) is 9.56. The predicted octanol–water partition coefficient (Wildman–Crippen LogP) is 4.28. The molecule has 3 rings (SSSR count). The van der Waals surface area contributed by atoms with Crippen LogP contribution in [-0.4, -0.2) is 12.6 Å². The van der Waals surface area contributed by atoms with E-state index < -0.39 is 0 Å². The number of carbonyl (C=O) groups excluding carboxylic acids is 1. The van der Waals surface area contributed by atoms with E-state index in [9.17, 15) is 4.79 Å². The molecule has 0 amide bonds. The Hall–Kier alpha value is -1.36. The molecule has 0 N–H and O–H groups in total. The fourth-order valence-corrected chi connectivity index (χ4v) is 3.35. The number of halogens is 1. The molecule has 0 bridgehead atoms. The van der Waals surface area contributed by atoms with Gasteiger partial charge in [0.1, 0.15) is 6.61 Å². The van der Waals surface area contributed by atoms with E-state index in [1.165, 1.54) is 38.3 Å². The van der Waals surface area contributed by atoms with E-state index in [-0.39, 0.29) is 11.9 Å². The number of ether oxygens (including phenoxy) is 1. The van der Waals surface area contributed by atoms with Crippen LogP contribution in [0, 0.1) is 10.5 Å². The van der Waals surface area contributed by atoms with Gasteiger partial charge in [0.05, 0.1) is 0 Å². The molecule has 1 aliphatic rings. The van der Waals surface area contributed by atoms with Gasteiger partial charge in [-0.2, -0.15) is 0 Å². The van der Waals surface area contributed by atoms with Crippen molar-refractivity contribution < 1.29 is 9.53 Å². The van der Waals surface area contributed by atoms with E-state index in [2.05, 4.69) is 65.9 Å². The van der Waals surface area contributed by atoms with Gasteiger partial charge in [-0.05, 0) is 63.9 Å². The van der Waals surface area contributed by atoms with Crippen molar-refractivity contribution >= 4 is 28.6 Å². The minimum atomic E-state index is -0.224. The summed E-state index contributed by atoms with van der Waals surface area (Å²) >= 11 is 2.32. The van der Waals surface area contributed by atoms with E-state index in [1.54, 1.807) is 0 Å². The molecule has 3 heteroatoms. The van der Waals surface area contributed by atoms with Crippen LogP contribution in [0.4, 0.5) is 0 Å². The standard InChI is InChI=1S/C17H15IO2/c1-10-3-5-13-14-6-4-12(18)8-16(14)17(15(13)7-10)9-20-11(2)19/h3-8,17H,9H2,1-2H3. The van der Waals surface area contributed by atoms with Gasteiger partial charge in [0.2, 0.25) is 0 Å². The average Bonchev–Trinajstić information content (AvgIpc) is 2.68. The number of aryl methyl sites for hydroxylation is 1. The highest BCUT2D eigenvalue weighted by Crippen LogP contribution is 2.45. The van der Waals surface area contributed by atoms with Crippen molar-refractivity contribution in [3.8, 4) is 11.1 Å². The van der Waals surface area contributed by atoms with Crippen LogP contribution in [0.3, 0.4) is 0 Å². The van der Waals surface area contributed by atoms with E-state index in [0.29, 0.717) is 6.61 Å². The van der Waals surface area contributed by atoms with Crippen molar-refractivity contribution in [1.29, 1.82) is 0 Å². The van der Waals surface area contributed by atoms with Crippen LogP contribution in [0.5, 0.6) is 0 Å². The Balaban J connectivity index is 2.11. The molecule has 1 unspecified atom stereocenters. The number of hydrogen-bond donors (Lipinski definition) is 0. The van der Waals surface area contributed by atoms with Gasteiger partial charge < -0.3 is 4.74 Å². The summed E-state index contributed by atoms with van der Waals surface area (Å²) in [4.78, 5) is 11.1. The Morgan fingerprint density at radius 2 is 1.80 bits per heavy atom. The highest BCUT2D eigenvalue weighted by molar-refractivity contribution is 14.1. The van der Waals surface area contributed by atoms with Crippen molar-refractivity contribution in [2.45, 2.75) is 19.8 Å². The molecule has 2 nitrogen and oxygen atoms in total. The van der Waals surface area contributed by atoms with Crippen molar-refractivity contribution in [2.75, 3.05) is 6.61 Å². The third-order valence-corrected chi connectivity index (χ3v) is 4.39. The molecule has 0 spiro atoms. The molecule has 0 radical (unpaired) electrons. The van der Waals surface area contributed by atoms with Crippen molar-refractivity contribution in [3.05, 3.63) is 56.7 Å². The highest BCUT2D eigenvalue weighted by atomic mass is 127. The molecule has 0 heterocycles. The minimum Gasteiger partial charge on any atom is -0.465 e. The second-order valence-corrected chi connectivity index (χ2v) is 6.42. The van der Waals surface area contributed by atoms with Gasteiger partial charge in [0, 0.05) is 16.4 Å². The molecule has 0 fully saturated rings. The Morgan fingerprint density at radius 3 is 2.50 bits per heavy atom. The Bertz CT molecular complexity index is 640. The molecule has 1 atom stereocenters. The van der Waals surface area contributed by atoms with Crippen molar-refractivity contribution in [2.24, 2.45) is 0 Å². The van der Waals surface area contributed by atoms with E-state index in [1.807, 2.05) is 0 Å². The summed E-state index contributed by atoms with van der Waals surface area (Å²) in [7, 11) is 0. The lowest BCUT2D eigenvalue weighted by atomic mass is 9.97. The van der Waals surface area contributed by atoms with Crippen LogP contribution >= 0.6 is 22.6 Å². The Morgan fingerprint density at radius 1 is 1.15 bits per heavy atom. The number of benzene rings is 2. The quantitative estimate of drug-likeness (QED) is 0.576. The predicted molar refractivity (Wildman–Crippen MR) is 87.8 cm³/mol. The summed E-state index contributed by atoms with van der Waals surface area (Å²) in [5, 5.41) is 0. The molecular formula is C17H15IO2. The number of esters is 1. The van der Waals surface area contributed by atoms with Gasteiger partial charge in [-0.1, -0.05) is 29.8 Å². The summed E-state index contributed by atoms with van der Waals surface area (Å²) in [6, 6.07) is 13.0. The molecular weight excluding hydrogens is 363 g/mol. The molecule has 2 aromatic rings. The summed E-state index contributed by atoms with van der Waals surface area (Å²) in [6.07, 6.45) is 0. The van der Waals surface area contributed by atoms with Crippen LogP contribution in [0.25, 0.3) is 11.1 Å². The van der Waals surface area contributed by atoms with Gasteiger partial charge in [0.15, 0.2) is 0 Å². The van der Waals surface area contributed by atoms with Crippen LogP contribution in [-0.2, 0) is 9.53 Å². The van der Waals surface area contributed by atoms with E-state index in [0.717, 1.165) is 0 Å². The summed E-state index contributed by atoms with van der Waals surface area (Å²) in [5.41, 5.74) is 6.29. The third kappa shape index (κ3) is 2.35. The zero-order valence-corrected chi connectivity index (χ0v) is 13.6. The Kier molecular flexibility index (Phi) is 3.54. The van der Waals surface area contributed by atoms with Crippen LogP contribution in [0.15, 0.2) is 36.4 Å². The molecule has 102 valence electrons. The number of fused-ring (bicyclic) bond motifs is 3. The topological polar surface area (TPSA) is 26.3 Å². The van der Waals surface area contributed by atoms with E-state index in [4.69, 9.17) is 4.74 Å². The van der Waals surface area contributed by atoms with Crippen molar-refractivity contribution in [3.63, 3.8) is 0 Å². The van der Waals surface area contributed by atoms with Gasteiger partial charge in [0.25, 0.3) is 0 Å². The minimum absolute atomic E-state index is 0.151. The number of hydrogen-bond acceptors (Lipinski definition) is 2. The first-order valence-electron chi connectivity index (χ1n) is 6.60. The summed E-state index contributed by atoms with van der Waals surface area (Å²) in [5.74, 6) is -0.0724. The number of rotatable bonds is 2. The first-order valence-corrected chi connectivity index (χ1v) is 7.68. The van der Waals surface area contributed by atoms with Gasteiger partial charge in [-0.25, -0.2) is 0 Å². The molecule has 1 aliphatic carbocycles. The lowest BCUT2D eigenvalue weighted by Gasteiger charge is -2.14. The maximum atomic E-state index is 11.1. The molecule has 0 aliphatic heterocycles. The van der Waals surface area contributed by atoms with E-state index >= 15 is 0 Å². The summed E-state index contributed by atoms with van der Waals surface area (Å²) in [6.45, 7) is 3.97. The van der Waals surface area contributed by atoms with Crippen LogP contribution in [0.2, 0.25) is 0 Å². The second-order valence-electron chi connectivity index (χ2n) is 5.18. The zero-order chi connectivity index (χ0) is 14.3.